The number of carbonyl (C=O) groups is 2. The number of carbonyl (C=O) groups excluding carboxylic acids is 2. The average molecular weight is 364 g/mol. The van der Waals surface area contributed by atoms with Gasteiger partial charge in [-0.25, -0.2) is 19.6 Å². The molecule has 1 aromatic heterocycles. The van der Waals surface area contributed by atoms with Crippen LogP contribution in [0.25, 0.3) is 0 Å². The predicted molar refractivity (Wildman–Crippen MR) is 92.8 cm³/mol. The minimum absolute atomic E-state index is 0.193. The third-order valence-electron chi connectivity index (χ3n) is 2.94. The van der Waals surface area contributed by atoms with Crippen LogP contribution in [0.1, 0.15) is 6.42 Å². The summed E-state index contributed by atoms with van der Waals surface area (Å²) < 4.78 is 17.8. The molecule has 0 aliphatic rings. The topological polar surface area (TPSA) is 92.3 Å². The van der Waals surface area contributed by atoms with Crippen molar-refractivity contribution in [3.8, 4) is 5.88 Å². The van der Waals surface area contributed by atoms with Gasteiger partial charge in [0.05, 0.1) is 7.11 Å². The summed E-state index contributed by atoms with van der Waals surface area (Å²) in [6.07, 6.45) is 1.72. The molecule has 0 bridgehead atoms. The molecule has 9 heteroatoms. The number of rotatable bonds is 6. The third kappa shape index (κ3) is 6.30. The van der Waals surface area contributed by atoms with Crippen LogP contribution in [0.5, 0.6) is 5.88 Å². The number of anilines is 1. The molecular weight excluding hydrogens is 347 g/mol. The van der Waals surface area contributed by atoms with Crippen molar-refractivity contribution in [2.75, 3.05) is 18.2 Å². The normalized spacial score (nSPS) is 10.0. The van der Waals surface area contributed by atoms with E-state index in [-0.39, 0.29) is 24.0 Å². The van der Waals surface area contributed by atoms with Gasteiger partial charge in [-0.3, -0.25) is 10.2 Å². The number of halogens is 1. The Kier molecular flexibility index (Phi) is 7.02. The van der Waals surface area contributed by atoms with E-state index >= 15 is 0 Å². The maximum atomic E-state index is 12.8. The number of hydrazine groups is 1. The molecule has 25 heavy (non-hydrogen) atoms. The van der Waals surface area contributed by atoms with Gasteiger partial charge >= 0.3 is 6.03 Å². The fourth-order valence-corrected chi connectivity index (χ4v) is 2.64. The number of nitrogens with zero attached hydrogens (tertiary/aromatic N) is 1. The van der Waals surface area contributed by atoms with E-state index in [9.17, 15) is 14.0 Å². The van der Waals surface area contributed by atoms with Crippen molar-refractivity contribution < 1.29 is 18.7 Å². The first-order valence-corrected chi connectivity index (χ1v) is 8.30. The molecule has 3 amide bonds. The van der Waals surface area contributed by atoms with Gasteiger partial charge in [0.2, 0.25) is 11.8 Å². The largest absolute Gasteiger partial charge is 0.480 e. The molecule has 0 radical (unpaired) electrons. The van der Waals surface area contributed by atoms with Crippen LogP contribution in [0.3, 0.4) is 0 Å². The van der Waals surface area contributed by atoms with Crippen LogP contribution in [0.2, 0.25) is 0 Å². The van der Waals surface area contributed by atoms with Gasteiger partial charge in [-0.05, 0) is 36.4 Å². The van der Waals surface area contributed by atoms with Crippen molar-refractivity contribution in [3.63, 3.8) is 0 Å². The Labute approximate surface area is 148 Å². The minimum atomic E-state index is -0.620. The maximum Gasteiger partial charge on any atom is 0.338 e. The number of pyridine rings is 1. The molecule has 0 aliphatic heterocycles. The van der Waals surface area contributed by atoms with Gasteiger partial charge in [-0.2, -0.15) is 0 Å². The van der Waals surface area contributed by atoms with Crippen LogP contribution >= 0.6 is 11.8 Å². The van der Waals surface area contributed by atoms with Crippen molar-refractivity contribution in [2.24, 2.45) is 0 Å². The van der Waals surface area contributed by atoms with Gasteiger partial charge in [0.15, 0.2) is 0 Å². The lowest BCUT2D eigenvalue weighted by molar-refractivity contribution is -0.121. The summed E-state index contributed by atoms with van der Waals surface area (Å²) >= 11 is 1.42. The first-order chi connectivity index (χ1) is 12.1. The number of ether oxygens (including phenoxy) is 1. The van der Waals surface area contributed by atoms with Gasteiger partial charge in [0, 0.05) is 23.3 Å². The van der Waals surface area contributed by atoms with Crippen molar-refractivity contribution >= 4 is 29.4 Å². The monoisotopic (exact) mass is 364 g/mol. The first-order valence-electron chi connectivity index (χ1n) is 7.31. The lowest BCUT2D eigenvalue weighted by atomic mass is 10.4. The summed E-state index contributed by atoms with van der Waals surface area (Å²) in [6, 6.07) is 8.65. The SMILES string of the molecule is COc1ncccc1NC(=O)NNC(=O)CCSc1ccc(F)cc1. The molecule has 0 aliphatic carbocycles. The highest BCUT2D eigenvalue weighted by atomic mass is 32.2. The summed E-state index contributed by atoms with van der Waals surface area (Å²) in [5.74, 6) is 0.113. The predicted octanol–water partition coefficient (Wildman–Crippen LogP) is 2.56. The highest BCUT2D eigenvalue weighted by molar-refractivity contribution is 7.99. The van der Waals surface area contributed by atoms with Crippen molar-refractivity contribution in [3.05, 3.63) is 48.4 Å². The van der Waals surface area contributed by atoms with E-state index in [0.29, 0.717) is 11.4 Å². The van der Waals surface area contributed by atoms with Gasteiger partial charge in [0.1, 0.15) is 11.5 Å². The molecule has 0 spiro atoms. The number of hydrogen-bond acceptors (Lipinski definition) is 5. The number of thioether (sulfide) groups is 1. The molecule has 1 heterocycles. The van der Waals surface area contributed by atoms with Crippen LogP contribution < -0.4 is 20.9 Å². The van der Waals surface area contributed by atoms with Crippen molar-refractivity contribution in [2.45, 2.75) is 11.3 Å². The summed E-state index contributed by atoms with van der Waals surface area (Å²) in [5.41, 5.74) is 4.92. The molecule has 2 aromatic rings. The highest BCUT2D eigenvalue weighted by Crippen LogP contribution is 2.19. The second-order valence-electron chi connectivity index (χ2n) is 4.74. The lowest BCUT2D eigenvalue weighted by Gasteiger charge is -2.10. The number of nitrogens with one attached hydrogen (secondary N) is 3. The zero-order valence-corrected chi connectivity index (χ0v) is 14.2. The molecule has 1 aromatic carbocycles. The van der Waals surface area contributed by atoms with Crippen LogP contribution in [0, 0.1) is 5.82 Å². The maximum absolute atomic E-state index is 12.8. The zero-order valence-electron chi connectivity index (χ0n) is 13.4. The molecule has 0 saturated carbocycles. The Bertz CT molecular complexity index is 728. The van der Waals surface area contributed by atoms with Crippen LogP contribution in [-0.4, -0.2) is 29.8 Å². The lowest BCUT2D eigenvalue weighted by Crippen LogP contribution is -2.44. The number of benzene rings is 1. The van der Waals surface area contributed by atoms with E-state index < -0.39 is 6.03 Å². The molecular formula is C16H17FN4O3S. The van der Waals surface area contributed by atoms with Crippen molar-refractivity contribution in [1.29, 1.82) is 0 Å². The van der Waals surface area contributed by atoms with Gasteiger partial charge in [-0.1, -0.05) is 0 Å². The smallest absolute Gasteiger partial charge is 0.338 e. The second-order valence-corrected chi connectivity index (χ2v) is 5.91. The standard InChI is InChI=1S/C16H17FN4O3S/c1-24-15-13(3-2-9-18-15)19-16(23)21-20-14(22)8-10-25-12-6-4-11(17)5-7-12/h2-7,9H,8,10H2,1H3,(H,20,22)(H2,19,21,23). The van der Waals surface area contributed by atoms with Crippen LogP contribution in [0.4, 0.5) is 14.9 Å². The number of aromatic nitrogens is 1. The summed E-state index contributed by atoms with van der Waals surface area (Å²) in [6.45, 7) is 0. The van der Waals surface area contributed by atoms with E-state index in [1.54, 1.807) is 24.3 Å². The number of amides is 3. The number of hydrogen-bond donors (Lipinski definition) is 3. The Morgan fingerprint density at radius 2 is 1.96 bits per heavy atom. The molecule has 2 rings (SSSR count). The third-order valence-corrected chi connectivity index (χ3v) is 3.95. The average Bonchev–Trinajstić information content (AvgIpc) is 2.62. The van der Waals surface area contributed by atoms with Crippen molar-refractivity contribution in [1.82, 2.24) is 15.8 Å². The first kappa shape index (κ1) is 18.5. The summed E-state index contributed by atoms with van der Waals surface area (Å²) in [4.78, 5) is 28.3. The van der Waals surface area contributed by atoms with E-state index in [4.69, 9.17) is 4.74 Å². The van der Waals surface area contributed by atoms with E-state index in [1.807, 2.05) is 0 Å². The number of urea groups is 1. The highest BCUT2D eigenvalue weighted by Gasteiger charge is 2.09. The molecule has 0 saturated heterocycles. The Hall–Kier alpha value is -2.81. The number of methoxy groups -OCH3 is 1. The van der Waals surface area contributed by atoms with E-state index in [2.05, 4.69) is 21.2 Å². The Morgan fingerprint density at radius 1 is 1.20 bits per heavy atom. The summed E-state index contributed by atoms with van der Waals surface area (Å²) in [7, 11) is 1.44. The van der Waals surface area contributed by atoms with Crippen LogP contribution in [-0.2, 0) is 4.79 Å². The molecule has 7 nitrogen and oxygen atoms in total. The van der Waals surface area contributed by atoms with Gasteiger partial charge < -0.3 is 10.1 Å². The fraction of sp³-hybridized carbons (Fsp3) is 0.188. The molecule has 3 N–H and O–H groups in total. The van der Waals surface area contributed by atoms with E-state index in [0.717, 1.165) is 4.90 Å². The van der Waals surface area contributed by atoms with Gasteiger partial charge in [-0.15, -0.1) is 11.8 Å². The quantitative estimate of drug-likeness (QED) is 0.541. The molecule has 0 unspecified atom stereocenters. The fourth-order valence-electron chi connectivity index (χ4n) is 1.78. The van der Waals surface area contributed by atoms with Gasteiger partial charge in [0.25, 0.3) is 0 Å². The molecule has 0 fully saturated rings. The molecule has 0 atom stereocenters. The second kappa shape index (κ2) is 9.48. The zero-order chi connectivity index (χ0) is 18.1. The van der Waals surface area contributed by atoms with Crippen LogP contribution in [0.15, 0.2) is 47.5 Å². The Morgan fingerprint density at radius 3 is 2.68 bits per heavy atom. The Balaban J connectivity index is 1.68. The molecule has 132 valence electrons. The summed E-state index contributed by atoms with van der Waals surface area (Å²) in [5, 5.41) is 2.51. The van der Waals surface area contributed by atoms with E-state index in [1.165, 1.54) is 37.2 Å². The minimum Gasteiger partial charge on any atom is -0.480 e.